The summed E-state index contributed by atoms with van der Waals surface area (Å²) in [4.78, 5) is 4.70. The fraction of sp³-hybridized carbons (Fsp3) is 0.421. The number of aromatic nitrogens is 6. The highest BCUT2D eigenvalue weighted by molar-refractivity contribution is 5.79. The third kappa shape index (κ3) is 5.15. The number of benzene rings is 1. The summed E-state index contributed by atoms with van der Waals surface area (Å²) < 4.78 is 4.01. The molecule has 0 spiro atoms. The van der Waals surface area contributed by atoms with Crippen LogP contribution in [0, 0.1) is 6.92 Å². The minimum Gasteiger partial charge on any atom is -0.355 e. The summed E-state index contributed by atoms with van der Waals surface area (Å²) in [5.41, 5.74) is 1.16. The van der Waals surface area contributed by atoms with Gasteiger partial charge in [-0.25, -0.2) is 4.99 Å². The van der Waals surface area contributed by atoms with Crippen LogP contribution in [0.1, 0.15) is 30.0 Å². The van der Waals surface area contributed by atoms with Crippen molar-refractivity contribution < 1.29 is 0 Å². The summed E-state index contributed by atoms with van der Waals surface area (Å²) in [5, 5.41) is 23.1. The van der Waals surface area contributed by atoms with Gasteiger partial charge < -0.3 is 19.8 Å². The monoisotopic (exact) mass is 381 g/mol. The maximum Gasteiger partial charge on any atom is 0.192 e. The molecule has 148 valence electrons. The molecule has 0 aliphatic rings. The Morgan fingerprint density at radius 1 is 1.07 bits per heavy atom. The molecule has 28 heavy (non-hydrogen) atoms. The number of aryl methyl sites for hydroxylation is 2. The molecule has 0 aliphatic heterocycles. The lowest BCUT2D eigenvalue weighted by Crippen LogP contribution is -2.39. The molecule has 9 nitrogen and oxygen atoms in total. The van der Waals surface area contributed by atoms with E-state index in [0.717, 1.165) is 42.0 Å². The summed E-state index contributed by atoms with van der Waals surface area (Å²) >= 11 is 0. The van der Waals surface area contributed by atoms with Crippen molar-refractivity contribution in [3.63, 3.8) is 0 Å². The molecule has 2 aromatic heterocycles. The van der Waals surface area contributed by atoms with E-state index in [9.17, 15) is 0 Å². The van der Waals surface area contributed by atoms with Gasteiger partial charge >= 0.3 is 0 Å². The quantitative estimate of drug-likeness (QED) is 0.450. The molecule has 2 heterocycles. The zero-order valence-electron chi connectivity index (χ0n) is 16.6. The van der Waals surface area contributed by atoms with Crippen LogP contribution < -0.4 is 10.6 Å². The van der Waals surface area contributed by atoms with Crippen LogP contribution in [0.15, 0.2) is 41.7 Å². The molecule has 0 fully saturated rings. The van der Waals surface area contributed by atoms with Crippen LogP contribution in [0.4, 0.5) is 0 Å². The van der Waals surface area contributed by atoms with Crippen molar-refractivity contribution in [1.82, 2.24) is 40.2 Å². The van der Waals surface area contributed by atoms with Crippen LogP contribution in [0.5, 0.6) is 0 Å². The van der Waals surface area contributed by atoms with Gasteiger partial charge in [-0.1, -0.05) is 37.3 Å². The Labute approximate surface area is 164 Å². The fourth-order valence-corrected chi connectivity index (χ4v) is 2.73. The normalized spacial score (nSPS) is 11.6. The number of nitrogens with one attached hydrogen (secondary N) is 2. The van der Waals surface area contributed by atoms with Crippen molar-refractivity contribution in [1.29, 1.82) is 0 Å². The van der Waals surface area contributed by atoms with Crippen molar-refractivity contribution >= 4 is 5.96 Å². The second kappa shape index (κ2) is 9.63. The third-order valence-electron chi connectivity index (χ3n) is 4.52. The molecule has 0 unspecified atom stereocenters. The van der Waals surface area contributed by atoms with E-state index in [1.807, 2.05) is 41.3 Å². The van der Waals surface area contributed by atoms with E-state index < -0.39 is 0 Å². The van der Waals surface area contributed by atoms with Gasteiger partial charge in [0.25, 0.3) is 0 Å². The highest BCUT2D eigenvalue weighted by Gasteiger charge is 2.07. The van der Waals surface area contributed by atoms with E-state index in [1.165, 1.54) is 0 Å². The van der Waals surface area contributed by atoms with Crippen LogP contribution >= 0.6 is 0 Å². The van der Waals surface area contributed by atoms with Crippen LogP contribution in [0.25, 0.3) is 0 Å². The Morgan fingerprint density at radius 2 is 1.89 bits per heavy atom. The molecule has 0 amide bonds. The Balaban J connectivity index is 1.62. The Hall–Kier alpha value is -3.23. The zero-order chi connectivity index (χ0) is 19.8. The second-order valence-electron chi connectivity index (χ2n) is 6.45. The van der Waals surface area contributed by atoms with Gasteiger partial charge in [-0.05, 0) is 12.5 Å². The largest absolute Gasteiger partial charge is 0.355 e. The van der Waals surface area contributed by atoms with Gasteiger partial charge in [-0.3, -0.25) is 0 Å². The van der Waals surface area contributed by atoms with Crippen molar-refractivity contribution in [3.05, 3.63) is 59.7 Å². The minimum atomic E-state index is 0.546. The number of hydrogen-bond acceptors (Lipinski definition) is 5. The van der Waals surface area contributed by atoms with Crippen molar-refractivity contribution in [2.24, 2.45) is 12.0 Å². The average molecular weight is 381 g/mol. The van der Waals surface area contributed by atoms with Crippen molar-refractivity contribution in [2.75, 3.05) is 6.54 Å². The smallest absolute Gasteiger partial charge is 0.192 e. The molecule has 0 radical (unpaired) electrons. The van der Waals surface area contributed by atoms with Crippen LogP contribution in [-0.2, 0) is 33.1 Å². The summed E-state index contributed by atoms with van der Waals surface area (Å²) in [6.45, 7) is 6.63. The van der Waals surface area contributed by atoms with Gasteiger partial charge in [-0.2, -0.15) is 0 Å². The first kappa shape index (κ1) is 19.5. The predicted octanol–water partition coefficient (Wildman–Crippen LogP) is 1.21. The van der Waals surface area contributed by atoms with E-state index >= 15 is 0 Å². The van der Waals surface area contributed by atoms with Gasteiger partial charge in [0.05, 0.1) is 13.1 Å². The third-order valence-corrected chi connectivity index (χ3v) is 4.52. The molecule has 1 aromatic carbocycles. The van der Waals surface area contributed by atoms with Gasteiger partial charge in [-0.15, -0.1) is 20.4 Å². The number of nitrogens with zero attached hydrogens (tertiary/aromatic N) is 7. The molecule has 0 saturated carbocycles. The van der Waals surface area contributed by atoms with Crippen LogP contribution in [-0.4, -0.2) is 42.0 Å². The molecule has 0 atom stereocenters. The summed E-state index contributed by atoms with van der Waals surface area (Å²) in [5.74, 6) is 3.45. The molecule has 0 saturated heterocycles. The van der Waals surface area contributed by atoms with Gasteiger partial charge in [0.15, 0.2) is 11.8 Å². The summed E-state index contributed by atoms with van der Waals surface area (Å²) in [6, 6.07) is 10.2. The highest BCUT2D eigenvalue weighted by Crippen LogP contribution is 2.01. The Bertz CT molecular complexity index is 895. The Kier molecular flexibility index (Phi) is 6.72. The van der Waals surface area contributed by atoms with Gasteiger partial charge in [0, 0.05) is 26.6 Å². The first-order chi connectivity index (χ1) is 13.7. The second-order valence-corrected chi connectivity index (χ2v) is 6.45. The first-order valence-electron chi connectivity index (χ1n) is 9.45. The summed E-state index contributed by atoms with van der Waals surface area (Å²) in [7, 11) is 1.96. The average Bonchev–Trinajstić information content (AvgIpc) is 3.31. The lowest BCUT2D eigenvalue weighted by Gasteiger charge is -2.13. The summed E-state index contributed by atoms with van der Waals surface area (Å²) in [6.07, 6.45) is 2.62. The molecule has 2 N–H and O–H groups in total. The maximum absolute atomic E-state index is 4.70. The fourth-order valence-electron chi connectivity index (χ4n) is 2.73. The SMILES string of the molecule is CCc1nncn1CCNC(=NCc1ccccc1)NCc1nnc(C)n1C. The standard InChI is InChI=1S/C19H27N9/c1-4-17-25-23-14-28(17)11-10-20-19(21-12-16-8-6-5-7-9-16)22-13-18-26-24-15(2)27(18)3/h5-9,14H,4,10-13H2,1-3H3,(H2,20,21,22). The molecular formula is C19H27N9. The molecule has 9 heteroatoms. The van der Waals surface area contributed by atoms with Crippen LogP contribution in [0.3, 0.4) is 0 Å². The van der Waals surface area contributed by atoms with E-state index in [0.29, 0.717) is 19.6 Å². The van der Waals surface area contributed by atoms with Gasteiger partial charge in [0.2, 0.25) is 0 Å². The first-order valence-corrected chi connectivity index (χ1v) is 9.45. The topological polar surface area (TPSA) is 97.8 Å². The minimum absolute atomic E-state index is 0.546. The van der Waals surface area contributed by atoms with Crippen LogP contribution in [0.2, 0.25) is 0 Å². The molecule has 0 aliphatic carbocycles. The van der Waals surface area contributed by atoms with E-state index in [4.69, 9.17) is 4.99 Å². The molecule has 3 rings (SSSR count). The number of rotatable bonds is 8. The van der Waals surface area contributed by atoms with Crippen molar-refractivity contribution in [2.45, 2.75) is 39.9 Å². The van der Waals surface area contributed by atoms with Gasteiger partial charge in [0.1, 0.15) is 18.0 Å². The number of hydrogen-bond donors (Lipinski definition) is 2. The highest BCUT2D eigenvalue weighted by atomic mass is 15.3. The Morgan fingerprint density at radius 3 is 2.61 bits per heavy atom. The van der Waals surface area contributed by atoms with E-state index in [-0.39, 0.29) is 0 Å². The van der Waals surface area contributed by atoms with Crippen molar-refractivity contribution in [3.8, 4) is 0 Å². The molecular weight excluding hydrogens is 354 g/mol. The number of guanidine groups is 1. The molecule has 3 aromatic rings. The lowest BCUT2D eigenvalue weighted by atomic mass is 10.2. The lowest BCUT2D eigenvalue weighted by molar-refractivity contribution is 0.628. The van der Waals surface area contributed by atoms with E-state index in [2.05, 4.69) is 50.1 Å². The zero-order valence-corrected chi connectivity index (χ0v) is 16.6. The molecule has 0 bridgehead atoms. The number of aliphatic imine (C=N–C) groups is 1. The predicted molar refractivity (Wildman–Crippen MR) is 108 cm³/mol. The maximum atomic E-state index is 4.70. The van der Waals surface area contributed by atoms with E-state index in [1.54, 1.807) is 6.33 Å².